The molecule has 4 aromatic rings. The van der Waals surface area contributed by atoms with Crippen molar-refractivity contribution in [2.75, 3.05) is 11.1 Å². The van der Waals surface area contributed by atoms with Crippen molar-refractivity contribution >= 4 is 44.4 Å². The Labute approximate surface area is 170 Å². The van der Waals surface area contributed by atoms with E-state index in [0.29, 0.717) is 16.8 Å². The second kappa shape index (κ2) is 8.37. The van der Waals surface area contributed by atoms with E-state index in [1.54, 1.807) is 6.08 Å². The number of anilines is 1. The van der Waals surface area contributed by atoms with Crippen LogP contribution in [0.1, 0.15) is 0 Å². The molecule has 0 saturated heterocycles. The fourth-order valence-electron chi connectivity index (χ4n) is 2.70. The van der Waals surface area contributed by atoms with Crippen molar-refractivity contribution in [3.63, 3.8) is 0 Å². The fourth-order valence-corrected chi connectivity index (χ4v) is 4.33. The molecule has 2 aromatic heterocycles. The summed E-state index contributed by atoms with van der Waals surface area (Å²) in [6, 6.07) is 17.6. The van der Waals surface area contributed by atoms with E-state index in [-0.39, 0.29) is 11.7 Å². The monoisotopic (exact) mass is 407 g/mol. The molecule has 1 amide bonds. The van der Waals surface area contributed by atoms with Crippen LogP contribution >= 0.6 is 23.1 Å². The predicted molar refractivity (Wildman–Crippen MR) is 115 cm³/mol. The highest BCUT2D eigenvalue weighted by molar-refractivity contribution is 7.99. The van der Waals surface area contributed by atoms with Gasteiger partial charge in [-0.15, -0.1) is 16.8 Å². The quantitative estimate of drug-likeness (QED) is 0.361. The predicted octanol–water partition coefficient (Wildman–Crippen LogP) is 4.47. The lowest BCUT2D eigenvalue weighted by atomic mass is 10.2. The highest BCUT2D eigenvalue weighted by atomic mass is 32.2. The Morgan fingerprint density at radius 3 is 2.71 bits per heavy atom. The third-order valence-electron chi connectivity index (χ3n) is 3.93. The van der Waals surface area contributed by atoms with Gasteiger partial charge in [0.2, 0.25) is 5.91 Å². The number of para-hydroxylation sites is 1. The molecule has 0 radical (unpaired) electrons. The van der Waals surface area contributed by atoms with Crippen LogP contribution in [0.3, 0.4) is 0 Å². The number of allylic oxidation sites excluding steroid dienone is 1. The molecule has 2 aromatic carbocycles. The zero-order chi connectivity index (χ0) is 19.3. The van der Waals surface area contributed by atoms with Crippen LogP contribution in [0.2, 0.25) is 0 Å². The second-order valence-corrected chi connectivity index (χ2v) is 7.87. The minimum atomic E-state index is -0.126. The molecule has 4 rings (SSSR count). The lowest BCUT2D eigenvalue weighted by Gasteiger charge is -2.07. The summed E-state index contributed by atoms with van der Waals surface area (Å²) >= 11 is 2.80. The number of aromatic nitrogens is 4. The van der Waals surface area contributed by atoms with Crippen LogP contribution in [0.4, 0.5) is 5.13 Å². The summed E-state index contributed by atoms with van der Waals surface area (Å²) < 4.78 is 3.00. The Morgan fingerprint density at radius 1 is 1.14 bits per heavy atom. The molecule has 0 atom stereocenters. The van der Waals surface area contributed by atoms with E-state index in [2.05, 4.69) is 27.1 Å². The van der Waals surface area contributed by atoms with Crippen LogP contribution in [0.5, 0.6) is 0 Å². The first-order chi connectivity index (χ1) is 13.7. The smallest absolute Gasteiger partial charge is 0.236 e. The van der Waals surface area contributed by atoms with E-state index in [1.165, 1.54) is 23.1 Å². The van der Waals surface area contributed by atoms with Gasteiger partial charge in [-0.05, 0) is 12.1 Å². The molecular formula is C20H17N5OS2. The molecule has 0 bridgehead atoms. The first-order valence-corrected chi connectivity index (χ1v) is 10.4. The molecule has 28 heavy (non-hydrogen) atoms. The summed E-state index contributed by atoms with van der Waals surface area (Å²) in [6.07, 6.45) is 1.79. The van der Waals surface area contributed by atoms with Gasteiger partial charge in [0.1, 0.15) is 0 Å². The maximum absolute atomic E-state index is 12.4. The number of carbonyl (C=O) groups is 1. The van der Waals surface area contributed by atoms with E-state index in [0.717, 1.165) is 21.6 Å². The van der Waals surface area contributed by atoms with Crippen molar-refractivity contribution in [2.45, 2.75) is 11.7 Å². The molecule has 0 aliphatic heterocycles. The number of carbonyl (C=O) groups excluding carboxylic acids is 1. The van der Waals surface area contributed by atoms with Crippen molar-refractivity contribution < 1.29 is 4.79 Å². The number of amides is 1. The van der Waals surface area contributed by atoms with Gasteiger partial charge in [-0.1, -0.05) is 71.6 Å². The SMILES string of the molecule is C=CCn1c(SCC(=O)Nc2nc3ccccc3s2)nnc1-c1ccccc1. The fraction of sp³-hybridized carbons (Fsp3) is 0.100. The van der Waals surface area contributed by atoms with E-state index in [9.17, 15) is 4.79 Å². The van der Waals surface area contributed by atoms with Crippen molar-refractivity contribution in [1.82, 2.24) is 19.7 Å². The number of nitrogens with zero attached hydrogens (tertiary/aromatic N) is 4. The minimum absolute atomic E-state index is 0.126. The summed E-state index contributed by atoms with van der Waals surface area (Å²) in [5.41, 5.74) is 1.86. The van der Waals surface area contributed by atoms with E-state index < -0.39 is 0 Å². The number of nitrogens with one attached hydrogen (secondary N) is 1. The van der Waals surface area contributed by atoms with Crippen molar-refractivity contribution in [2.24, 2.45) is 0 Å². The molecule has 0 unspecified atom stereocenters. The van der Waals surface area contributed by atoms with Gasteiger partial charge < -0.3 is 5.32 Å². The highest BCUT2D eigenvalue weighted by Gasteiger charge is 2.15. The molecule has 2 heterocycles. The number of rotatable bonds is 7. The van der Waals surface area contributed by atoms with Crippen LogP contribution in [0.25, 0.3) is 21.6 Å². The third-order valence-corrected chi connectivity index (χ3v) is 5.85. The second-order valence-electron chi connectivity index (χ2n) is 5.90. The van der Waals surface area contributed by atoms with Crippen LogP contribution in [-0.4, -0.2) is 31.4 Å². The average molecular weight is 408 g/mol. The molecule has 8 heteroatoms. The summed E-state index contributed by atoms with van der Waals surface area (Å²) in [4.78, 5) is 16.8. The topological polar surface area (TPSA) is 72.7 Å². The molecule has 0 aliphatic carbocycles. The van der Waals surface area contributed by atoms with E-state index in [4.69, 9.17) is 0 Å². The lowest BCUT2D eigenvalue weighted by Crippen LogP contribution is -2.14. The van der Waals surface area contributed by atoms with Crippen molar-refractivity contribution in [3.05, 3.63) is 67.3 Å². The van der Waals surface area contributed by atoms with Gasteiger partial charge in [-0.2, -0.15) is 0 Å². The van der Waals surface area contributed by atoms with E-state index >= 15 is 0 Å². The van der Waals surface area contributed by atoms with Gasteiger partial charge in [0, 0.05) is 12.1 Å². The number of hydrogen-bond acceptors (Lipinski definition) is 6. The Balaban J connectivity index is 1.46. The highest BCUT2D eigenvalue weighted by Crippen LogP contribution is 2.27. The zero-order valence-electron chi connectivity index (χ0n) is 14.9. The summed E-state index contributed by atoms with van der Waals surface area (Å²) in [6.45, 7) is 4.38. The third kappa shape index (κ3) is 3.97. The van der Waals surface area contributed by atoms with E-state index in [1.807, 2.05) is 59.2 Å². The number of benzene rings is 2. The zero-order valence-corrected chi connectivity index (χ0v) is 16.5. The molecular weight excluding hydrogens is 390 g/mol. The molecule has 140 valence electrons. The minimum Gasteiger partial charge on any atom is -0.301 e. The molecule has 6 nitrogen and oxygen atoms in total. The maximum Gasteiger partial charge on any atom is 0.236 e. The van der Waals surface area contributed by atoms with Gasteiger partial charge in [0.05, 0.1) is 16.0 Å². The molecule has 1 N–H and O–H groups in total. The van der Waals surface area contributed by atoms with Gasteiger partial charge in [-0.3, -0.25) is 9.36 Å². The van der Waals surface area contributed by atoms with Gasteiger partial charge >= 0.3 is 0 Å². The first kappa shape index (κ1) is 18.4. The summed E-state index contributed by atoms with van der Waals surface area (Å²) in [5, 5.41) is 12.7. The Morgan fingerprint density at radius 2 is 1.93 bits per heavy atom. The molecule has 0 spiro atoms. The van der Waals surface area contributed by atoms with Crippen molar-refractivity contribution in [3.8, 4) is 11.4 Å². The molecule has 0 fully saturated rings. The summed E-state index contributed by atoms with van der Waals surface area (Å²) in [5.74, 6) is 0.855. The van der Waals surface area contributed by atoms with Crippen LogP contribution in [0.15, 0.2) is 72.4 Å². The Hall–Kier alpha value is -2.97. The molecule has 0 saturated carbocycles. The Kier molecular flexibility index (Phi) is 5.50. The van der Waals surface area contributed by atoms with Crippen LogP contribution in [0, 0.1) is 0 Å². The number of thiazole rings is 1. The largest absolute Gasteiger partial charge is 0.301 e. The lowest BCUT2D eigenvalue weighted by molar-refractivity contribution is -0.113. The Bertz CT molecular complexity index is 1090. The average Bonchev–Trinajstić information content (AvgIpc) is 3.30. The van der Waals surface area contributed by atoms with Crippen molar-refractivity contribution in [1.29, 1.82) is 0 Å². The van der Waals surface area contributed by atoms with Gasteiger partial charge in [0.25, 0.3) is 0 Å². The summed E-state index contributed by atoms with van der Waals surface area (Å²) in [7, 11) is 0. The van der Waals surface area contributed by atoms with Gasteiger partial charge in [0.15, 0.2) is 16.1 Å². The van der Waals surface area contributed by atoms with Crippen LogP contribution in [-0.2, 0) is 11.3 Å². The molecule has 0 aliphatic rings. The standard InChI is InChI=1S/C20H17N5OS2/c1-2-12-25-18(14-8-4-3-5-9-14)23-24-20(25)27-13-17(26)22-19-21-15-10-6-7-11-16(15)28-19/h2-11H,1,12-13H2,(H,21,22,26). The first-order valence-electron chi connectivity index (χ1n) is 8.62. The number of hydrogen-bond donors (Lipinski definition) is 1. The maximum atomic E-state index is 12.4. The normalized spacial score (nSPS) is 10.9. The number of fused-ring (bicyclic) bond motifs is 1. The van der Waals surface area contributed by atoms with Gasteiger partial charge in [-0.25, -0.2) is 4.98 Å². The number of thioether (sulfide) groups is 1. The van der Waals surface area contributed by atoms with Crippen LogP contribution < -0.4 is 5.32 Å².